The Hall–Kier alpha value is -5.94. The lowest BCUT2D eigenvalue weighted by atomic mass is 9.98. The molecule has 1 N–H and O–H groups in total. The maximum Gasteiger partial charge on any atom is 0.159 e. The molecule has 1 atom stereocenters. The molecule has 8 aromatic rings. The van der Waals surface area contributed by atoms with Crippen LogP contribution in [0, 0.1) is 0 Å². The topological polar surface area (TPSA) is 63.0 Å². The van der Waals surface area contributed by atoms with Gasteiger partial charge in [-0.05, 0) is 47.0 Å². The van der Waals surface area contributed by atoms with Gasteiger partial charge >= 0.3 is 0 Å². The average molecular weight is 568 g/mol. The smallest absolute Gasteiger partial charge is 0.159 e. The number of hydrogen-bond donors (Lipinski definition) is 1. The van der Waals surface area contributed by atoms with Crippen molar-refractivity contribution in [2.24, 2.45) is 9.98 Å². The van der Waals surface area contributed by atoms with Crippen molar-refractivity contribution in [1.82, 2.24) is 5.32 Å². The molecule has 0 spiro atoms. The second-order valence-electron chi connectivity index (χ2n) is 11.0. The number of nitrogens with zero attached hydrogens (tertiary/aromatic N) is 2. The predicted octanol–water partition coefficient (Wildman–Crippen LogP) is 9.65. The maximum absolute atomic E-state index is 6.19. The molecule has 3 heterocycles. The molecule has 0 saturated heterocycles. The molecule has 0 radical (unpaired) electrons. The number of furan rings is 2. The van der Waals surface area contributed by atoms with Crippen LogP contribution in [0.1, 0.15) is 22.9 Å². The minimum Gasteiger partial charge on any atom is -0.456 e. The summed E-state index contributed by atoms with van der Waals surface area (Å²) in [5.41, 5.74) is 8.69. The van der Waals surface area contributed by atoms with E-state index in [1.165, 1.54) is 0 Å². The third kappa shape index (κ3) is 4.02. The summed E-state index contributed by atoms with van der Waals surface area (Å²) in [6.07, 6.45) is -0.282. The zero-order valence-electron chi connectivity index (χ0n) is 23.6. The number of amidine groups is 2. The second-order valence-corrected chi connectivity index (χ2v) is 11.0. The number of benzene rings is 6. The number of para-hydroxylation sites is 2. The molecule has 2 aromatic heterocycles. The van der Waals surface area contributed by atoms with Crippen molar-refractivity contribution in [3.63, 3.8) is 0 Å². The first-order chi connectivity index (χ1) is 21.8. The molecule has 0 bridgehead atoms. The summed E-state index contributed by atoms with van der Waals surface area (Å²) in [7, 11) is 0. The van der Waals surface area contributed by atoms with E-state index in [0.717, 1.165) is 77.5 Å². The summed E-state index contributed by atoms with van der Waals surface area (Å²) in [6, 6.07) is 47.6. The van der Waals surface area contributed by atoms with Gasteiger partial charge in [0.25, 0.3) is 0 Å². The molecule has 0 amide bonds. The number of rotatable bonds is 4. The SMILES string of the molecule is c1ccc(C2N=C(c3ccc4c(c3)oc3ccccc34)N=C(c3ccc(-c4cccc5oc6ccccc6c45)cc3)N2)cc1. The van der Waals surface area contributed by atoms with Crippen LogP contribution in [0.2, 0.25) is 0 Å². The highest BCUT2D eigenvalue weighted by Crippen LogP contribution is 2.37. The van der Waals surface area contributed by atoms with Gasteiger partial charge in [0, 0.05) is 32.7 Å². The van der Waals surface area contributed by atoms with E-state index in [1.807, 2.05) is 66.7 Å². The Morgan fingerprint density at radius 3 is 1.98 bits per heavy atom. The Morgan fingerprint density at radius 2 is 1.14 bits per heavy atom. The van der Waals surface area contributed by atoms with Gasteiger partial charge in [0.2, 0.25) is 0 Å². The molecule has 5 nitrogen and oxygen atoms in total. The van der Waals surface area contributed by atoms with E-state index < -0.39 is 0 Å². The van der Waals surface area contributed by atoms with Gasteiger partial charge in [-0.15, -0.1) is 0 Å². The van der Waals surface area contributed by atoms with Crippen LogP contribution >= 0.6 is 0 Å². The summed E-state index contributed by atoms with van der Waals surface area (Å²) >= 11 is 0. The van der Waals surface area contributed by atoms with E-state index in [1.54, 1.807) is 0 Å². The van der Waals surface area contributed by atoms with Gasteiger partial charge in [-0.1, -0.05) is 109 Å². The monoisotopic (exact) mass is 567 g/mol. The third-order valence-corrected chi connectivity index (χ3v) is 8.37. The van der Waals surface area contributed by atoms with Crippen molar-refractivity contribution in [2.75, 3.05) is 0 Å². The summed E-state index contributed by atoms with van der Waals surface area (Å²) in [5, 5.41) is 8.01. The first-order valence-corrected chi connectivity index (χ1v) is 14.7. The molecule has 0 aliphatic carbocycles. The van der Waals surface area contributed by atoms with Crippen LogP contribution in [0.4, 0.5) is 0 Å². The Balaban J connectivity index is 1.13. The van der Waals surface area contributed by atoms with Crippen molar-refractivity contribution < 1.29 is 8.83 Å². The molecule has 44 heavy (non-hydrogen) atoms. The van der Waals surface area contributed by atoms with E-state index in [4.69, 9.17) is 18.8 Å². The molecule has 0 saturated carbocycles. The number of hydrogen-bond acceptors (Lipinski definition) is 5. The largest absolute Gasteiger partial charge is 0.456 e. The minimum atomic E-state index is -0.282. The molecule has 1 aliphatic rings. The maximum atomic E-state index is 6.19. The Bertz CT molecular complexity index is 2410. The third-order valence-electron chi connectivity index (χ3n) is 8.37. The lowest BCUT2D eigenvalue weighted by Crippen LogP contribution is -2.33. The summed E-state index contributed by atoms with van der Waals surface area (Å²) < 4.78 is 12.3. The van der Waals surface area contributed by atoms with E-state index >= 15 is 0 Å². The van der Waals surface area contributed by atoms with Crippen molar-refractivity contribution in [1.29, 1.82) is 0 Å². The highest BCUT2D eigenvalue weighted by molar-refractivity contribution is 6.15. The lowest BCUT2D eigenvalue weighted by Gasteiger charge is -2.23. The van der Waals surface area contributed by atoms with Crippen molar-refractivity contribution in [2.45, 2.75) is 6.17 Å². The first-order valence-electron chi connectivity index (χ1n) is 14.7. The zero-order chi connectivity index (χ0) is 29.0. The van der Waals surface area contributed by atoms with Gasteiger partial charge in [0.15, 0.2) is 5.84 Å². The van der Waals surface area contributed by atoms with E-state index in [-0.39, 0.29) is 6.17 Å². The molecule has 5 heteroatoms. The van der Waals surface area contributed by atoms with Crippen LogP contribution in [-0.4, -0.2) is 11.7 Å². The highest BCUT2D eigenvalue weighted by atomic mass is 16.3. The highest BCUT2D eigenvalue weighted by Gasteiger charge is 2.22. The van der Waals surface area contributed by atoms with Crippen LogP contribution in [0.5, 0.6) is 0 Å². The van der Waals surface area contributed by atoms with Gasteiger partial charge in [-0.2, -0.15) is 0 Å². The Morgan fingerprint density at radius 1 is 0.500 bits per heavy atom. The zero-order valence-corrected chi connectivity index (χ0v) is 23.6. The molecule has 9 rings (SSSR count). The fourth-order valence-electron chi connectivity index (χ4n) is 6.22. The molecule has 1 unspecified atom stereocenters. The molecule has 208 valence electrons. The van der Waals surface area contributed by atoms with Gasteiger partial charge in [0.05, 0.1) is 0 Å². The summed E-state index contributed by atoms with van der Waals surface area (Å²) in [5.74, 6) is 1.43. The standard InChI is InChI=1S/C39H25N3O2/c1-2-9-25(10-3-1)37-40-38(42-39(41-37)27-21-22-30-29-11-4-6-14-32(29)44-35(30)23-27)26-19-17-24(18-20-26)28-13-8-16-34-36(28)31-12-5-7-15-33(31)43-34/h1-23,37H,(H,40,41,42). The second kappa shape index (κ2) is 9.82. The van der Waals surface area contributed by atoms with Crippen LogP contribution < -0.4 is 5.32 Å². The van der Waals surface area contributed by atoms with Crippen molar-refractivity contribution in [3.05, 3.63) is 156 Å². The van der Waals surface area contributed by atoms with Crippen LogP contribution in [0.3, 0.4) is 0 Å². The van der Waals surface area contributed by atoms with Gasteiger partial charge < -0.3 is 14.2 Å². The minimum absolute atomic E-state index is 0.282. The fourth-order valence-corrected chi connectivity index (χ4v) is 6.22. The molecule has 6 aromatic carbocycles. The van der Waals surface area contributed by atoms with E-state index in [9.17, 15) is 0 Å². The molecule has 0 fully saturated rings. The number of fused-ring (bicyclic) bond motifs is 6. The fraction of sp³-hybridized carbons (Fsp3) is 0.0256. The Kier molecular flexibility index (Phi) is 5.50. The van der Waals surface area contributed by atoms with Crippen molar-refractivity contribution >= 4 is 55.5 Å². The summed E-state index contributed by atoms with van der Waals surface area (Å²) in [6.45, 7) is 0. The first kappa shape index (κ1) is 24.6. The molecular weight excluding hydrogens is 542 g/mol. The van der Waals surface area contributed by atoms with E-state index in [2.05, 4.69) is 78.1 Å². The average Bonchev–Trinajstić information content (AvgIpc) is 3.66. The number of aliphatic imine (C=N–C) groups is 2. The van der Waals surface area contributed by atoms with Crippen LogP contribution in [-0.2, 0) is 0 Å². The van der Waals surface area contributed by atoms with Gasteiger partial charge in [0.1, 0.15) is 34.3 Å². The van der Waals surface area contributed by atoms with Gasteiger partial charge in [-0.25, -0.2) is 9.98 Å². The Labute approximate surface area is 252 Å². The quantitative estimate of drug-likeness (QED) is 0.230. The van der Waals surface area contributed by atoms with Crippen molar-refractivity contribution in [3.8, 4) is 11.1 Å². The number of nitrogens with one attached hydrogen (secondary N) is 1. The van der Waals surface area contributed by atoms with Crippen LogP contribution in [0.15, 0.2) is 158 Å². The van der Waals surface area contributed by atoms with E-state index in [0.29, 0.717) is 5.84 Å². The predicted molar refractivity (Wildman–Crippen MR) is 178 cm³/mol. The lowest BCUT2D eigenvalue weighted by molar-refractivity contribution is 0.667. The summed E-state index contributed by atoms with van der Waals surface area (Å²) in [4.78, 5) is 10.1. The molecule has 1 aliphatic heterocycles. The molecular formula is C39H25N3O2. The van der Waals surface area contributed by atoms with Crippen LogP contribution in [0.25, 0.3) is 55.0 Å². The van der Waals surface area contributed by atoms with Gasteiger partial charge in [-0.3, -0.25) is 0 Å². The normalized spacial score (nSPS) is 15.0.